The number of pyridine rings is 1. The lowest BCUT2D eigenvalue weighted by Crippen LogP contribution is -2.43. The van der Waals surface area contributed by atoms with Crippen molar-refractivity contribution < 1.29 is 19.5 Å². The fourth-order valence-electron chi connectivity index (χ4n) is 3.61. The third kappa shape index (κ3) is 2.74. The van der Waals surface area contributed by atoms with E-state index in [1.807, 2.05) is 13.8 Å². The second-order valence-electron chi connectivity index (χ2n) is 7.34. The topological polar surface area (TPSA) is 108 Å². The van der Waals surface area contributed by atoms with Crippen molar-refractivity contribution in [1.82, 2.24) is 9.88 Å². The van der Waals surface area contributed by atoms with Crippen LogP contribution in [0.15, 0.2) is 10.9 Å². The molecule has 2 heterocycles. The normalized spacial score (nSPS) is 22.3. The lowest BCUT2D eigenvalue weighted by atomic mass is 9.75. The number of hydrogen-bond acceptors (Lipinski definition) is 4. The molecule has 1 aliphatic carbocycles. The highest BCUT2D eigenvalue weighted by Crippen LogP contribution is 2.33. The lowest BCUT2D eigenvalue weighted by Gasteiger charge is -2.30. The highest BCUT2D eigenvalue weighted by Gasteiger charge is 2.37. The monoisotopic (exact) mass is 332 g/mol. The van der Waals surface area contributed by atoms with E-state index >= 15 is 0 Å². The first-order valence-corrected chi connectivity index (χ1v) is 8.03. The van der Waals surface area contributed by atoms with Crippen molar-refractivity contribution in [3.8, 4) is 0 Å². The Morgan fingerprint density at radius 1 is 1.29 bits per heavy atom. The summed E-state index contributed by atoms with van der Waals surface area (Å²) in [6.45, 7) is 4.20. The Morgan fingerprint density at radius 3 is 2.67 bits per heavy atom. The van der Waals surface area contributed by atoms with E-state index in [1.54, 1.807) is 0 Å². The van der Waals surface area contributed by atoms with Gasteiger partial charge < -0.3 is 15.0 Å². The van der Waals surface area contributed by atoms with E-state index < -0.39 is 23.5 Å². The zero-order chi connectivity index (χ0) is 17.6. The van der Waals surface area contributed by atoms with Crippen LogP contribution in [0.25, 0.3) is 0 Å². The molecular weight excluding hydrogens is 312 g/mol. The molecular formula is C17H20N2O5. The number of amides is 1. The molecule has 24 heavy (non-hydrogen) atoms. The molecule has 1 aromatic rings. The van der Waals surface area contributed by atoms with Crippen LogP contribution in [-0.4, -0.2) is 45.2 Å². The maximum atomic E-state index is 12.6. The van der Waals surface area contributed by atoms with Gasteiger partial charge in [-0.3, -0.25) is 14.4 Å². The molecule has 0 unspecified atom stereocenters. The molecule has 0 spiro atoms. The number of carbonyl (C=O) groups excluding carboxylic acids is 2. The molecule has 3 rings (SSSR count). The van der Waals surface area contributed by atoms with Gasteiger partial charge in [-0.2, -0.15) is 0 Å². The molecule has 0 saturated carbocycles. The predicted octanol–water partition coefficient (Wildman–Crippen LogP) is 1.22. The van der Waals surface area contributed by atoms with Crippen LogP contribution in [0.4, 0.5) is 0 Å². The molecule has 2 aliphatic rings. The number of hydrogen-bond donors (Lipinski definition) is 2. The number of Topliss-reactive ketones (excluding diaryl/α,β-unsaturated/α-hetero) is 1. The van der Waals surface area contributed by atoms with Crippen molar-refractivity contribution in [3.05, 3.63) is 33.2 Å². The predicted molar refractivity (Wildman–Crippen MR) is 85.2 cm³/mol. The third-order valence-electron chi connectivity index (χ3n) is 4.75. The molecule has 7 nitrogen and oxygen atoms in total. The number of nitrogens with zero attached hydrogens (tertiary/aromatic N) is 1. The molecule has 2 N–H and O–H groups in total. The molecule has 0 bridgehead atoms. The Bertz CT molecular complexity index is 793. The molecule has 1 atom stereocenters. The van der Waals surface area contributed by atoms with Crippen LogP contribution in [0, 0.1) is 5.41 Å². The Kier molecular flexibility index (Phi) is 3.81. The number of nitrogens with one attached hydrogen (secondary N) is 1. The highest BCUT2D eigenvalue weighted by molar-refractivity contribution is 6.02. The quantitative estimate of drug-likeness (QED) is 0.846. The molecule has 0 aromatic carbocycles. The van der Waals surface area contributed by atoms with Gasteiger partial charge in [0.25, 0.3) is 11.5 Å². The number of ketones is 1. The number of carboxylic acids is 1. The van der Waals surface area contributed by atoms with E-state index in [-0.39, 0.29) is 16.8 Å². The van der Waals surface area contributed by atoms with Crippen LogP contribution in [0.1, 0.15) is 59.5 Å². The number of aliphatic carboxylic acids is 1. The van der Waals surface area contributed by atoms with Gasteiger partial charge in [-0.25, -0.2) is 4.79 Å². The summed E-state index contributed by atoms with van der Waals surface area (Å²) in [5.41, 5.74) is -0.0466. The molecule has 128 valence electrons. The van der Waals surface area contributed by atoms with Crippen molar-refractivity contribution in [2.75, 3.05) is 6.54 Å². The fourth-order valence-corrected chi connectivity index (χ4v) is 3.61. The van der Waals surface area contributed by atoms with Gasteiger partial charge in [0.05, 0.1) is 0 Å². The Morgan fingerprint density at radius 2 is 2.00 bits per heavy atom. The SMILES string of the molecule is CC1(C)CC(=O)c2cc(C(=O)N3CCC[C@H]3C(=O)O)c(=O)[nH]c2C1. The van der Waals surface area contributed by atoms with Crippen molar-refractivity contribution in [2.24, 2.45) is 5.41 Å². The zero-order valence-electron chi connectivity index (χ0n) is 13.7. The molecule has 0 radical (unpaired) electrons. The number of aromatic nitrogens is 1. The Balaban J connectivity index is 2.00. The van der Waals surface area contributed by atoms with E-state index in [0.29, 0.717) is 43.5 Å². The second kappa shape index (κ2) is 5.58. The molecule has 1 aliphatic heterocycles. The van der Waals surface area contributed by atoms with Crippen LogP contribution >= 0.6 is 0 Å². The first kappa shape index (κ1) is 16.4. The summed E-state index contributed by atoms with van der Waals surface area (Å²) in [7, 11) is 0. The number of rotatable bonds is 2. The van der Waals surface area contributed by atoms with Gasteiger partial charge in [0.15, 0.2) is 5.78 Å². The molecule has 7 heteroatoms. The Labute approximate surface area is 138 Å². The standard InChI is InChI=1S/C17H20N2O5/c1-17(2)7-11-9(13(20)8-17)6-10(14(21)18-11)15(22)19-5-3-4-12(19)16(23)24/h6,12H,3-5,7-8H2,1-2H3,(H,18,21)(H,23,24)/t12-/m0/s1. The van der Waals surface area contributed by atoms with E-state index in [4.69, 9.17) is 0 Å². The van der Waals surface area contributed by atoms with Crippen molar-refractivity contribution >= 4 is 17.7 Å². The maximum Gasteiger partial charge on any atom is 0.326 e. The maximum absolute atomic E-state index is 12.6. The van der Waals surface area contributed by atoms with Gasteiger partial charge in [0.2, 0.25) is 0 Å². The van der Waals surface area contributed by atoms with Gasteiger partial charge in [0.1, 0.15) is 11.6 Å². The van der Waals surface area contributed by atoms with E-state index in [1.165, 1.54) is 11.0 Å². The number of likely N-dealkylation sites (tertiary alicyclic amines) is 1. The Hall–Kier alpha value is -2.44. The van der Waals surface area contributed by atoms with E-state index in [0.717, 1.165) is 0 Å². The van der Waals surface area contributed by atoms with Gasteiger partial charge in [-0.15, -0.1) is 0 Å². The van der Waals surface area contributed by atoms with E-state index in [2.05, 4.69) is 4.98 Å². The fraction of sp³-hybridized carbons (Fsp3) is 0.529. The van der Waals surface area contributed by atoms with Crippen molar-refractivity contribution in [3.63, 3.8) is 0 Å². The average Bonchev–Trinajstić information content (AvgIpc) is 2.94. The van der Waals surface area contributed by atoms with Crippen molar-refractivity contribution in [1.29, 1.82) is 0 Å². The largest absolute Gasteiger partial charge is 0.480 e. The minimum Gasteiger partial charge on any atom is -0.480 e. The first-order valence-electron chi connectivity index (χ1n) is 8.03. The average molecular weight is 332 g/mol. The van der Waals surface area contributed by atoms with E-state index in [9.17, 15) is 24.3 Å². The lowest BCUT2D eigenvalue weighted by molar-refractivity contribution is -0.141. The molecule has 1 amide bonds. The zero-order valence-corrected chi connectivity index (χ0v) is 13.7. The van der Waals surface area contributed by atoms with Gasteiger partial charge in [0, 0.05) is 24.2 Å². The number of carboxylic acid groups (broad SMARTS) is 1. The molecule has 1 aromatic heterocycles. The third-order valence-corrected chi connectivity index (χ3v) is 4.75. The van der Waals surface area contributed by atoms with Gasteiger partial charge in [-0.1, -0.05) is 13.8 Å². The number of aromatic amines is 1. The number of H-pyrrole nitrogens is 1. The van der Waals surface area contributed by atoms with Crippen LogP contribution in [-0.2, 0) is 11.2 Å². The van der Waals surface area contributed by atoms with Crippen LogP contribution in [0.2, 0.25) is 0 Å². The highest BCUT2D eigenvalue weighted by atomic mass is 16.4. The summed E-state index contributed by atoms with van der Waals surface area (Å²) < 4.78 is 0. The van der Waals surface area contributed by atoms with Crippen LogP contribution in [0.3, 0.4) is 0 Å². The number of carbonyl (C=O) groups is 3. The number of fused-ring (bicyclic) bond motifs is 1. The summed E-state index contributed by atoms with van der Waals surface area (Å²) in [4.78, 5) is 52.4. The smallest absolute Gasteiger partial charge is 0.326 e. The summed E-state index contributed by atoms with van der Waals surface area (Å²) >= 11 is 0. The first-order chi connectivity index (χ1) is 11.2. The summed E-state index contributed by atoms with van der Waals surface area (Å²) in [6.07, 6.45) is 1.86. The minimum atomic E-state index is -1.08. The minimum absolute atomic E-state index is 0.109. The van der Waals surface area contributed by atoms with Crippen LogP contribution < -0.4 is 5.56 Å². The summed E-state index contributed by atoms with van der Waals surface area (Å²) in [6, 6.07) is 0.424. The molecule has 1 fully saturated rings. The van der Waals surface area contributed by atoms with Gasteiger partial charge >= 0.3 is 5.97 Å². The second-order valence-corrected chi connectivity index (χ2v) is 7.34. The van der Waals surface area contributed by atoms with Crippen molar-refractivity contribution in [2.45, 2.75) is 45.6 Å². The van der Waals surface area contributed by atoms with Gasteiger partial charge in [-0.05, 0) is 30.7 Å². The summed E-state index contributed by atoms with van der Waals surface area (Å²) in [5, 5.41) is 9.21. The van der Waals surface area contributed by atoms with Crippen LogP contribution in [0.5, 0.6) is 0 Å². The molecule has 1 saturated heterocycles. The summed E-state index contributed by atoms with van der Waals surface area (Å²) in [5.74, 6) is -1.81.